The molecule has 3 aromatic rings. The van der Waals surface area contributed by atoms with Crippen molar-refractivity contribution in [2.75, 3.05) is 25.3 Å². The number of methoxy groups -OCH3 is 2. The Bertz CT molecular complexity index is 922. The van der Waals surface area contributed by atoms with Gasteiger partial charge in [0.2, 0.25) is 5.91 Å². The van der Waals surface area contributed by atoms with Crippen molar-refractivity contribution < 1.29 is 14.3 Å². The maximum absolute atomic E-state index is 12.3. The predicted molar refractivity (Wildman–Crippen MR) is 107 cm³/mol. The number of carbonyl (C=O) groups excluding carboxylic acids is 1. The fourth-order valence-corrected chi connectivity index (χ4v) is 3.34. The number of imidazole rings is 1. The summed E-state index contributed by atoms with van der Waals surface area (Å²) >= 11 is 1.37. The van der Waals surface area contributed by atoms with E-state index in [4.69, 9.17) is 9.47 Å². The maximum atomic E-state index is 12.3. The molecule has 2 aromatic carbocycles. The maximum Gasteiger partial charge on any atom is 0.234 e. The Morgan fingerprint density at radius 3 is 2.63 bits per heavy atom. The van der Waals surface area contributed by atoms with Crippen LogP contribution in [0.1, 0.15) is 5.56 Å². The van der Waals surface area contributed by atoms with Gasteiger partial charge in [-0.05, 0) is 48.9 Å². The number of nitrogens with zero attached hydrogens (tertiary/aromatic N) is 2. The summed E-state index contributed by atoms with van der Waals surface area (Å²) in [6.07, 6.45) is 3.58. The van der Waals surface area contributed by atoms with Gasteiger partial charge in [0.05, 0.1) is 25.7 Å². The van der Waals surface area contributed by atoms with E-state index in [1.807, 2.05) is 35.9 Å². The van der Waals surface area contributed by atoms with Gasteiger partial charge in [-0.3, -0.25) is 9.36 Å². The Hall–Kier alpha value is -2.93. The topological polar surface area (TPSA) is 65.4 Å². The molecule has 0 saturated heterocycles. The Labute approximate surface area is 162 Å². The van der Waals surface area contributed by atoms with Crippen LogP contribution in [0.4, 0.5) is 5.69 Å². The summed E-state index contributed by atoms with van der Waals surface area (Å²) in [6.45, 7) is 2.02. The van der Waals surface area contributed by atoms with Crippen molar-refractivity contribution in [2.24, 2.45) is 0 Å². The van der Waals surface area contributed by atoms with E-state index in [0.717, 1.165) is 33.6 Å². The van der Waals surface area contributed by atoms with Gasteiger partial charge in [-0.15, -0.1) is 0 Å². The molecule has 0 saturated carbocycles. The molecule has 0 radical (unpaired) electrons. The van der Waals surface area contributed by atoms with Crippen LogP contribution in [-0.4, -0.2) is 35.4 Å². The van der Waals surface area contributed by atoms with Crippen molar-refractivity contribution in [1.29, 1.82) is 0 Å². The van der Waals surface area contributed by atoms with Gasteiger partial charge in [-0.1, -0.05) is 17.8 Å². The van der Waals surface area contributed by atoms with E-state index >= 15 is 0 Å². The van der Waals surface area contributed by atoms with E-state index in [-0.39, 0.29) is 11.7 Å². The summed E-state index contributed by atoms with van der Waals surface area (Å²) in [4.78, 5) is 16.6. The van der Waals surface area contributed by atoms with Crippen LogP contribution in [0.3, 0.4) is 0 Å². The Balaban J connectivity index is 1.68. The fraction of sp³-hybridized carbons (Fsp3) is 0.200. The molecule has 0 spiro atoms. The van der Waals surface area contributed by atoms with E-state index < -0.39 is 0 Å². The summed E-state index contributed by atoms with van der Waals surface area (Å²) in [5.74, 6) is 1.65. The molecule has 7 heteroatoms. The van der Waals surface area contributed by atoms with Crippen LogP contribution in [0.5, 0.6) is 11.5 Å². The third kappa shape index (κ3) is 4.62. The molecule has 0 aliphatic heterocycles. The highest BCUT2D eigenvalue weighted by Gasteiger charge is 2.13. The summed E-state index contributed by atoms with van der Waals surface area (Å²) < 4.78 is 12.5. The lowest BCUT2D eigenvalue weighted by Gasteiger charge is -2.13. The molecule has 0 atom stereocenters. The van der Waals surface area contributed by atoms with Crippen LogP contribution < -0.4 is 14.8 Å². The quantitative estimate of drug-likeness (QED) is 0.626. The van der Waals surface area contributed by atoms with E-state index in [9.17, 15) is 4.79 Å². The number of amides is 1. The van der Waals surface area contributed by atoms with Gasteiger partial charge in [0, 0.05) is 18.1 Å². The summed E-state index contributed by atoms with van der Waals surface area (Å²) in [5.41, 5.74) is 2.74. The number of hydrogen-bond donors (Lipinski definition) is 1. The highest BCUT2D eigenvalue weighted by Crippen LogP contribution is 2.28. The van der Waals surface area contributed by atoms with Crippen LogP contribution >= 0.6 is 11.8 Å². The molecular formula is C20H21N3O3S. The zero-order valence-corrected chi connectivity index (χ0v) is 16.2. The van der Waals surface area contributed by atoms with Gasteiger partial charge < -0.3 is 14.8 Å². The molecule has 0 fully saturated rings. The van der Waals surface area contributed by atoms with Crippen LogP contribution in [0.25, 0.3) is 5.69 Å². The molecule has 140 valence electrons. The molecule has 3 rings (SSSR count). The minimum absolute atomic E-state index is 0.101. The van der Waals surface area contributed by atoms with Crippen molar-refractivity contribution in [3.8, 4) is 17.2 Å². The number of carbonyl (C=O) groups is 1. The molecule has 1 N–H and O–H groups in total. The largest absolute Gasteiger partial charge is 0.497 e. The number of nitrogens with one attached hydrogen (secondary N) is 1. The number of hydrogen-bond acceptors (Lipinski definition) is 5. The molecule has 0 aliphatic carbocycles. The van der Waals surface area contributed by atoms with Crippen molar-refractivity contribution in [1.82, 2.24) is 9.55 Å². The summed E-state index contributed by atoms with van der Waals surface area (Å²) in [6, 6.07) is 13.2. The average Bonchev–Trinajstić information content (AvgIpc) is 3.15. The molecule has 27 heavy (non-hydrogen) atoms. The highest BCUT2D eigenvalue weighted by atomic mass is 32.2. The lowest BCUT2D eigenvalue weighted by molar-refractivity contribution is -0.113. The lowest BCUT2D eigenvalue weighted by atomic mass is 10.2. The first kappa shape index (κ1) is 18.8. The lowest BCUT2D eigenvalue weighted by Crippen LogP contribution is -2.14. The third-order valence-electron chi connectivity index (χ3n) is 3.91. The first-order chi connectivity index (χ1) is 13.1. The number of thioether (sulfide) groups is 1. The van der Waals surface area contributed by atoms with E-state index in [1.54, 1.807) is 44.7 Å². The second-order valence-corrected chi connectivity index (χ2v) is 6.76. The van der Waals surface area contributed by atoms with Crippen molar-refractivity contribution in [3.63, 3.8) is 0 Å². The molecule has 0 unspecified atom stereocenters. The monoisotopic (exact) mass is 383 g/mol. The van der Waals surface area contributed by atoms with Crippen molar-refractivity contribution >= 4 is 23.4 Å². The third-order valence-corrected chi connectivity index (χ3v) is 4.87. The predicted octanol–water partition coefficient (Wildman–Crippen LogP) is 3.93. The molecule has 6 nitrogen and oxygen atoms in total. The summed E-state index contributed by atoms with van der Waals surface area (Å²) in [7, 11) is 3.25. The number of ether oxygens (including phenoxy) is 2. The number of aryl methyl sites for hydroxylation is 1. The van der Waals surface area contributed by atoms with Crippen LogP contribution in [-0.2, 0) is 4.79 Å². The van der Waals surface area contributed by atoms with Crippen molar-refractivity contribution in [3.05, 3.63) is 60.4 Å². The second kappa shape index (κ2) is 8.64. The number of aromatic nitrogens is 2. The van der Waals surface area contributed by atoms with E-state index in [1.165, 1.54) is 11.8 Å². The van der Waals surface area contributed by atoms with Crippen molar-refractivity contribution in [2.45, 2.75) is 12.1 Å². The van der Waals surface area contributed by atoms with Crippen LogP contribution in [0.2, 0.25) is 0 Å². The van der Waals surface area contributed by atoms with Crippen LogP contribution in [0.15, 0.2) is 60.0 Å². The molecule has 1 amide bonds. The molecule has 0 bridgehead atoms. The van der Waals surface area contributed by atoms with E-state index in [0.29, 0.717) is 0 Å². The average molecular weight is 383 g/mol. The Morgan fingerprint density at radius 1 is 1.15 bits per heavy atom. The van der Waals surface area contributed by atoms with E-state index in [2.05, 4.69) is 10.3 Å². The van der Waals surface area contributed by atoms with Gasteiger partial charge in [-0.25, -0.2) is 4.98 Å². The standard InChI is InChI=1S/C20H21N3O3S/c1-14-4-9-18(26-3)17(12-14)23-11-10-21-20(23)27-13-19(24)22-15-5-7-16(25-2)8-6-15/h4-12H,13H2,1-3H3,(H,22,24). The first-order valence-electron chi connectivity index (χ1n) is 8.36. The smallest absolute Gasteiger partial charge is 0.234 e. The van der Waals surface area contributed by atoms with Gasteiger partial charge in [-0.2, -0.15) is 0 Å². The minimum atomic E-state index is -0.101. The first-order valence-corrected chi connectivity index (χ1v) is 9.34. The Morgan fingerprint density at radius 2 is 1.93 bits per heavy atom. The normalized spacial score (nSPS) is 10.5. The number of rotatable bonds is 7. The van der Waals surface area contributed by atoms with Gasteiger partial charge >= 0.3 is 0 Å². The fourth-order valence-electron chi connectivity index (χ4n) is 2.57. The molecular weight excluding hydrogens is 362 g/mol. The summed E-state index contributed by atoms with van der Waals surface area (Å²) in [5, 5.41) is 3.60. The zero-order chi connectivity index (χ0) is 19.2. The second-order valence-electron chi connectivity index (χ2n) is 5.82. The van der Waals surface area contributed by atoms with Gasteiger partial charge in [0.25, 0.3) is 0 Å². The Kier molecular flexibility index (Phi) is 6.03. The van der Waals surface area contributed by atoms with Gasteiger partial charge in [0.15, 0.2) is 5.16 Å². The number of anilines is 1. The molecule has 1 heterocycles. The molecule has 1 aromatic heterocycles. The number of benzene rings is 2. The molecule has 0 aliphatic rings. The van der Waals surface area contributed by atoms with Crippen LogP contribution in [0, 0.1) is 6.92 Å². The zero-order valence-electron chi connectivity index (χ0n) is 15.4. The SMILES string of the molecule is COc1ccc(NC(=O)CSc2nccn2-c2cc(C)ccc2OC)cc1. The highest BCUT2D eigenvalue weighted by molar-refractivity contribution is 7.99. The minimum Gasteiger partial charge on any atom is -0.497 e. The van der Waals surface area contributed by atoms with Gasteiger partial charge in [0.1, 0.15) is 11.5 Å².